The molecule has 3 rings (SSSR count). The summed E-state index contributed by atoms with van der Waals surface area (Å²) < 4.78 is 0. The number of nitrogens with one attached hydrogen (secondary N) is 2. The highest BCUT2D eigenvalue weighted by molar-refractivity contribution is 5.86. The van der Waals surface area contributed by atoms with Crippen LogP contribution in [0.1, 0.15) is 12.7 Å². The van der Waals surface area contributed by atoms with Crippen molar-refractivity contribution in [1.29, 1.82) is 0 Å². The Morgan fingerprint density at radius 2 is 2.25 bits per heavy atom. The van der Waals surface area contributed by atoms with Gasteiger partial charge in [0.05, 0.1) is 24.0 Å². The van der Waals surface area contributed by atoms with Gasteiger partial charge in [-0.1, -0.05) is 12.1 Å². The molecule has 1 aliphatic rings. The Morgan fingerprint density at radius 3 is 3.00 bits per heavy atom. The highest BCUT2D eigenvalue weighted by Gasteiger charge is 2.14. The van der Waals surface area contributed by atoms with Gasteiger partial charge in [0.2, 0.25) is 0 Å². The van der Waals surface area contributed by atoms with Gasteiger partial charge in [-0.05, 0) is 19.1 Å². The smallest absolute Gasteiger partial charge is 0.114 e. The molecule has 0 amide bonds. The third-order valence-corrected chi connectivity index (χ3v) is 2.74. The van der Waals surface area contributed by atoms with Crippen molar-refractivity contribution in [2.24, 2.45) is 4.99 Å². The van der Waals surface area contributed by atoms with E-state index in [0.717, 1.165) is 35.7 Å². The maximum atomic E-state index is 4.52. The van der Waals surface area contributed by atoms with Crippen molar-refractivity contribution >= 4 is 16.9 Å². The number of imidazole rings is 1. The minimum atomic E-state index is 0.458. The molecule has 4 nitrogen and oxygen atoms in total. The molecule has 1 aliphatic heterocycles. The number of para-hydroxylation sites is 2. The normalized spacial score (nSPS) is 19.8. The highest BCUT2D eigenvalue weighted by atomic mass is 15.1. The Kier molecular flexibility index (Phi) is 2.13. The SMILES string of the molecule is CC1CN=C(Cc2nc3ccccc3[nH]2)N1. The third kappa shape index (κ3) is 1.66. The summed E-state index contributed by atoms with van der Waals surface area (Å²) in [6.07, 6.45) is 0.763. The molecule has 2 N–H and O–H groups in total. The first-order valence-electron chi connectivity index (χ1n) is 5.55. The van der Waals surface area contributed by atoms with Crippen LogP contribution in [0.5, 0.6) is 0 Å². The summed E-state index contributed by atoms with van der Waals surface area (Å²) in [6, 6.07) is 8.53. The molecule has 1 unspecified atom stereocenters. The number of fused-ring (bicyclic) bond motifs is 1. The molecule has 2 heterocycles. The lowest BCUT2D eigenvalue weighted by molar-refractivity contribution is 0.722. The molecule has 0 radical (unpaired) electrons. The van der Waals surface area contributed by atoms with Crippen LogP contribution >= 0.6 is 0 Å². The van der Waals surface area contributed by atoms with Gasteiger partial charge in [0.25, 0.3) is 0 Å². The van der Waals surface area contributed by atoms with Crippen molar-refractivity contribution in [2.45, 2.75) is 19.4 Å². The average molecular weight is 214 g/mol. The van der Waals surface area contributed by atoms with E-state index in [9.17, 15) is 0 Å². The van der Waals surface area contributed by atoms with Crippen LogP contribution in [-0.4, -0.2) is 28.4 Å². The Morgan fingerprint density at radius 1 is 1.38 bits per heavy atom. The molecule has 0 fully saturated rings. The monoisotopic (exact) mass is 214 g/mol. The number of H-pyrrole nitrogens is 1. The molecule has 4 heteroatoms. The van der Waals surface area contributed by atoms with Crippen LogP contribution in [0.4, 0.5) is 0 Å². The van der Waals surface area contributed by atoms with E-state index in [4.69, 9.17) is 0 Å². The maximum Gasteiger partial charge on any atom is 0.114 e. The summed E-state index contributed by atoms with van der Waals surface area (Å²) >= 11 is 0. The molecule has 1 atom stereocenters. The number of rotatable bonds is 2. The zero-order chi connectivity index (χ0) is 11.0. The number of benzene rings is 1. The first kappa shape index (κ1) is 9.39. The highest BCUT2D eigenvalue weighted by Crippen LogP contribution is 2.11. The number of nitrogens with zero attached hydrogens (tertiary/aromatic N) is 2. The Balaban J connectivity index is 1.84. The van der Waals surface area contributed by atoms with Crippen LogP contribution in [0.2, 0.25) is 0 Å². The van der Waals surface area contributed by atoms with E-state index in [1.54, 1.807) is 0 Å². The van der Waals surface area contributed by atoms with E-state index in [1.807, 2.05) is 24.3 Å². The van der Waals surface area contributed by atoms with E-state index in [0.29, 0.717) is 6.04 Å². The topological polar surface area (TPSA) is 53.1 Å². The van der Waals surface area contributed by atoms with Gasteiger partial charge >= 0.3 is 0 Å². The molecule has 16 heavy (non-hydrogen) atoms. The van der Waals surface area contributed by atoms with Crippen molar-refractivity contribution < 1.29 is 0 Å². The second-order valence-electron chi connectivity index (χ2n) is 4.21. The van der Waals surface area contributed by atoms with Crippen molar-refractivity contribution in [3.05, 3.63) is 30.1 Å². The summed E-state index contributed by atoms with van der Waals surface area (Å²) in [5, 5.41) is 3.34. The lowest BCUT2D eigenvalue weighted by Gasteiger charge is -2.03. The van der Waals surface area contributed by atoms with Crippen molar-refractivity contribution in [3.63, 3.8) is 0 Å². The van der Waals surface area contributed by atoms with Gasteiger partial charge in [0, 0.05) is 6.04 Å². The fraction of sp³-hybridized carbons (Fsp3) is 0.333. The van der Waals surface area contributed by atoms with Gasteiger partial charge in [-0.25, -0.2) is 4.98 Å². The Labute approximate surface area is 93.8 Å². The number of aliphatic imine (C=N–C) groups is 1. The number of aromatic amines is 1. The number of aromatic nitrogens is 2. The second kappa shape index (κ2) is 3.63. The van der Waals surface area contributed by atoms with Crippen LogP contribution in [0.15, 0.2) is 29.3 Å². The largest absolute Gasteiger partial charge is 0.369 e. The van der Waals surface area contributed by atoms with Crippen LogP contribution in [-0.2, 0) is 6.42 Å². The predicted molar refractivity (Wildman–Crippen MR) is 64.7 cm³/mol. The number of hydrogen-bond donors (Lipinski definition) is 2. The molecule has 1 aromatic heterocycles. The average Bonchev–Trinajstić information content (AvgIpc) is 2.84. The van der Waals surface area contributed by atoms with Gasteiger partial charge in [-0.2, -0.15) is 0 Å². The van der Waals surface area contributed by atoms with E-state index >= 15 is 0 Å². The van der Waals surface area contributed by atoms with Gasteiger partial charge < -0.3 is 10.3 Å². The molecule has 2 aromatic rings. The second-order valence-corrected chi connectivity index (χ2v) is 4.21. The molecule has 82 valence electrons. The van der Waals surface area contributed by atoms with Gasteiger partial charge in [-0.15, -0.1) is 0 Å². The first-order valence-corrected chi connectivity index (χ1v) is 5.55. The lowest BCUT2D eigenvalue weighted by atomic mass is 10.3. The minimum absolute atomic E-state index is 0.458. The van der Waals surface area contributed by atoms with E-state index in [-0.39, 0.29) is 0 Å². The zero-order valence-corrected chi connectivity index (χ0v) is 9.20. The van der Waals surface area contributed by atoms with Crippen LogP contribution in [0, 0.1) is 0 Å². The fourth-order valence-electron chi connectivity index (χ4n) is 1.98. The quantitative estimate of drug-likeness (QED) is 0.796. The summed E-state index contributed by atoms with van der Waals surface area (Å²) in [6.45, 7) is 3.00. The molecule has 0 saturated heterocycles. The third-order valence-electron chi connectivity index (χ3n) is 2.74. The standard InChI is InChI=1S/C12H14N4/c1-8-7-13-11(14-8)6-12-15-9-4-2-3-5-10(9)16-12/h2-5,8H,6-7H2,1H3,(H,13,14)(H,15,16). The van der Waals surface area contributed by atoms with Gasteiger partial charge in [0.15, 0.2) is 0 Å². The van der Waals surface area contributed by atoms with Gasteiger partial charge in [0.1, 0.15) is 11.7 Å². The van der Waals surface area contributed by atoms with Crippen molar-refractivity contribution in [3.8, 4) is 0 Å². The van der Waals surface area contributed by atoms with Crippen LogP contribution < -0.4 is 5.32 Å². The molecule has 0 spiro atoms. The number of hydrogen-bond acceptors (Lipinski definition) is 3. The summed E-state index contributed by atoms with van der Waals surface area (Å²) in [5.41, 5.74) is 2.10. The zero-order valence-electron chi connectivity index (χ0n) is 9.20. The first-order chi connectivity index (χ1) is 7.81. The van der Waals surface area contributed by atoms with Gasteiger partial charge in [-0.3, -0.25) is 4.99 Å². The molecular formula is C12H14N4. The molecule has 0 aliphatic carbocycles. The lowest BCUT2D eigenvalue weighted by Crippen LogP contribution is -2.28. The Hall–Kier alpha value is -1.84. The summed E-state index contributed by atoms with van der Waals surface area (Å²) in [5.74, 6) is 2.01. The Bertz CT molecular complexity index is 508. The molecular weight excluding hydrogens is 200 g/mol. The predicted octanol–water partition coefficient (Wildman–Crippen LogP) is 1.50. The van der Waals surface area contributed by atoms with Crippen molar-refractivity contribution in [1.82, 2.24) is 15.3 Å². The van der Waals surface area contributed by atoms with E-state index in [1.165, 1.54) is 0 Å². The number of amidine groups is 1. The molecule has 1 aromatic carbocycles. The fourth-order valence-corrected chi connectivity index (χ4v) is 1.98. The van der Waals surface area contributed by atoms with Crippen LogP contribution in [0.25, 0.3) is 11.0 Å². The molecule has 0 bridgehead atoms. The van der Waals surface area contributed by atoms with E-state index < -0.39 is 0 Å². The van der Waals surface area contributed by atoms with Crippen LogP contribution in [0.3, 0.4) is 0 Å². The van der Waals surface area contributed by atoms with E-state index in [2.05, 4.69) is 27.2 Å². The maximum absolute atomic E-state index is 4.52. The minimum Gasteiger partial charge on any atom is -0.369 e. The van der Waals surface area contributed by atoms with Crippen molar-refractivity contribution in [2.75, 3.05) is 6.54 Å². The summed E-state index contributed by atoms with van der Waals surface area (Å²) in [7, 11) is 0. The summed E-state index contributed by atoms with van der Waals surface area (Å²) in [4.78, 5) is 12.3. The molecule has 0 saturated carbocycles.